The molecule has 0 aromatic carbocycles. The summed E-state index contributed by atoms with van der Waals surface area (Å²) in [4.78, 5) is 18.5. The van der Waals surface area contributed by atoms with Crippen LogP contribution in [0.2, 0.25) is 0 Å². The van der Waals surface area contributed by atoms with E-state index in [1.807, 2.05) is 12.1 Å². The Hall–Kier alpha value is -2.31. The fourth-order valence-electron chi connectivity index (χ4n) is 2.77. The number of anilines is 1. The second kappa shape index (κ2) is 5.82. The molecule has 0 bridgehead atoms. The van der Waals surface area contributed by atoms with Gasteiger partial charge in [0.2, 0.25) is 0 Å². The molecule has 1 amide bonds. The highest BCUT2D eigenvalue weighted by Crippen LogP contribution is 2.28. The highest BCUT2D eigenvalue weighted by molar-refractivity contribution is 6.06. The molecular formula is C15H16F2N4O. The molecule has 0 aliphatic carbocycles. The third-order valence-corrected chi connectivity index (χ3v) is 3.87. The van der Waals surface area contributed by atoms with Crippen LogP contribution >= 0.6 is 0 Å². The molecule has 0 radical (unpaired) electrons. The maximum atomic E-state index is 13.2. The summed E-state index contributed by atoms with van der Waals surface area (Å²) in [6.07, 6.45) is 2.66. The summed E-state index contributed by atoms with van der Waals surface area (Å²) in [6, 6.07) is 3.74. The van der Waals surface area contributed by atoms with Crippen molar-refractivity contribution >= 4 is 11.7 Å². The van der Waals surface area contributed by atoms with Gasteiger partial charge in [0.05, 0.1) is 11.8 Å². The molecule has 0 unspecified atom stereocenters. The Bertz CT molecular complexity index is 699. The smallest absolute Gasteiger partial charge is 0.280 e. The Morgan fingerprint density at radius 1 is 1.36 bits per heavy atom. The largest absolute Gasteiger partial charge is 0.292 e. The zero-order valence-electron chi connectivity index (χ0n) is 12.2. The zero-order valence-corrected chi connectivity index (χ0v) is 12.2. The number of pyridine rings is 1. The number of alkyl halides is 2. The Morgan fingerprint density at radius 3 is 2.95 bits per heavy atom. The lowest BCUT2D eigenvalue weighted by Gasteiger charge is -2.21. The van der Waals surface area contributed by atoms with Gasteiger partial charge in [0.15, 0.2) is 0 Å². The van der Waals surface area contributed by atoms with Gasteiger partial charge in [0.25, 0.3) is 12.3 Å². The van der Waals surface area contributed by atoms with E-state index in [4.69, 9.17) is 0 Å². The summed E-state index contributed by atoms with van der Waals surface area (Å²) in [5.41, 5.74) is 0.554. The highest BCUT2D eigenvalue weighted by atomic mass is 19.3. The van der Waals surface area contributed by atoms with Gasteiger partial charge in [-0.3, -0.25) is 14.4 Å². The van der Waals surface area contributed by atoms with E-state index in [9.17, 15) is 13.6 Å². The summed E-state index contributed by atoms with van der Waals surface area (Å²) in [5.74, 6) is 0.0966. The summed E-state index contributed by atoms with van der Waals surface area (Å²) < 4.78 is 27.4. The van der Waals surface area contributed by atoms with Gasteiger partial charge in [0, 0.05) is 19.8 Å². The van der Waals surface area contributed by atoms with Gasteiger partial charge in [-0.2, -0.15) is 5.10 Å². The molecule has 1 aliphatic rings. The predicted octanol–water partition coefficient (Wildman–Crippen LogP) is 2.74. The molecule has 3 heterocycles. The van der Waals surface area contributed by atoms with E-state index in [0.29, 0.717) is 12.4 Å². The number of rotatable bonds is 2. The number of hydrogen-bond acceptors (Lipinski definition) is 3. The molecule has 2 aromatic rings. The molecule has 0 saturated carbocycles. The average Bonchev–Trinajstić information content (AvgIpc) is 2.77. The highest BCUT2D eigenvalue weighted by Gasteiger charge is 2.29. The number of fused-ring (bicyclic) bond motifs is 1. The lowest BCUT2D eigenvalue weighted by Crippen LogP contribution is -2.33. The van der Waals surface area contributed by atoms with Crippen LogP contribution < -0.4 is 4.90 Å². The molecule has 3 rings (SSSR count). The van der Waals surface area contributed by atoms with E-state index in [1.54, 1.807) is 6.20 Å². The van der Waals surface area contributed by atoms with Crippen molar-refractivity contribution in [2.45, 2.75) is 25.7 Å². The molecule has 7 heteroatoms. The number of nitrogens with zero attached hydrogens (tertiary/aromatic N) is 4. The zero-order chi connectivity index (χ0) is 15.7. The normalized spacial score (nSPS) is 14.8. The van der Waals surface area contributed by atoms with Gasteiger partial charge < -0.3 is 0 Å². The van der Waals surface area contributed by atoms with Crippen LogP contribution in [0.15, 0.2) is 24.5 Å². The van der Waals surface area contributed by atoms with Crippen LogP contribution in [0.3, 0.4) is 0 Å². The van der Waals surface area contributed by atoms with Crippen LogP contribution in [-0.4, -0.2) is 27.2 Å². The quantitative estimate of drug-likeness (QED) is 0.857. The molecule has 0 N–H and O–H groups in total. The first-order chi connectivity index (χ1) is 10.6. The van der Waals surface area contributed by atoms with Crippen molar-refractivity contribution in [3.05, 3.63) is 41.3 Å². The van der Waals surface area contributed by atoms with E-state index in [0.717, 1.165) is 29.5 Å². The first-order valence-electron chi connectivity index (χ1n) is 7.15. The number of halogens is 2. The van der Waals surface area contributed by atoms with Crippen LogP contribution in [0.4, 0.5) is 14.6 Å². The fraction of sp³-hybridized carbons (Fsp3) is 0.400. The second-order valence-electron chi connectivity index (χ2n) is 5.27. The maximum absolute atomic E-state index is 13.2. The van der Waals surface area contributed by atoms with Gasteiger partial charge in [-0.15, -0.1) is 0 Å². The first kappa shape index (κ1) is 14.6. The van der Waals surface area contributed by atoms with Crippen molar-refractivity contribution in [1.29, 1.82) is 0 Å². The third kappa shape index (κ3) is 2.47. The molecular weight excluding hydrogens is 290 g/mol. The Labute approximate surface area is 126 Å². The van der Waals surface area contributed by atoms with Crippen LogP contribution in [0, 0.1) is 0 Å². The summed E-state index contributed by atoms with van der Waals surface area (Å²) >= 11 is 0. The number of carbonyl (C=O) groups is 1. The van der Waals surface area contributed by atoms with E-state index < -0.39 is 12.3 Å². The van der Waals surface area contributed by atoms with E-state index in [1.165, 1.54) is 18.1 Å². The van der Waals surface area contributed by atoms with Crippen LogP contribution in [0.5, 0.6) is 0 Å². The number of hydrogen-bond donors (Lipinski definition) is 0. The first-order valence-corrected chi connectivity index (χ1v) is 7.15. The molecule has 0 saturated heterocycles. The summed E-state index contributed by atoms with van der Waals surface area (Å²) in [5, 5.41) is 3.80. The Kier molecular flexibility index (Phi) is 3.87. The predicted molar refractivity (Wildman–Crippen MR) is 77.0 cm³/mol. The van der Waals surface area contributed by atoms with Gasteiger partial charge in [-0.1, -0.05) is 6.07 Å². The van der Waals surface area contributed by atoms with E-state index >= 15 is 0 Å². The summed E-state index contributed by atoms with van der Waals surface area (Å²) in [6.45, 7) is 0.473. The fourth-order valence-corrected chi connectivity index (χ4v) is 2.77. The lowest BCUT2D eigenvalue weighted by atomic mass is 10.1. The molecule has 0 fully saturated rings. The van der Waals surface area contributed by atoms with Crippen molar-refractivity contribution in [1.82, 2.24) is 14.8 Å². The van der Waals surface area contributed by atoms with Gasteiger partial charge >= 0.3 is 0 Å². The Balaban J connectivity index is 2.02. The van der Waals surface area contributed by atoms with Crippen LogP contribution in [0.25, 0.3) is 0 Å². The average molecular weight is 306 g/mol. The van der Waals surface area contributed by atoms with Gasteiger partial charge in [0.1, 0.15) is 11.5 Å². The number of amides is 1. The number of aromatic nitrogens is 3. The molecule has 22 heavy (non-hydrogen) atoms. The number of carbonyl (C=O) groups excluding carboxylic acids is 1. The van der Waals surface area contributed by atoms with E-state index in [-0.39, 0.29) is 11.3 Å². The topological polar surface area (TPSA) is 51.0 Å². The van der Waals surface area contributed by atoms with E-state index in [2.05, 4.69) is 10.1 Å². The van der Waals surface area contributed by atoms with Crippen molar-refractivity contribution in [3.8, 4) is 0 Å². The number of aryl methyl sites for hydroxylation is 2. The van der Waals surface area contributed by atoms with Crippen LogP contribution in [-0.2, 0) is 13.5 Å². The van der Waals surface area contributed by atoms with Crippen molar-refractivity contribution < 1.29 is 13.6 Å². The second-order valence-corrected chi connectivity index (χ2v) is 5.27. The van der Waals surface area contributed by atoms with Crippen molar-refractivity contribution in [2.75, 3.05) is 11.4 Å². The maximum Gasteiger partial charge on any atom is 0.280 e. The minimum absolute atomic E-state index is 0.0593. The molecule has 0 atom stereocenters. The summed E-state index contributed by atoms with van der Waals surface area (Å²) in [7, 11) is 1.41. The lowest BCUT2D eigenvalue weighted by molar-refractivity contribution is 0.0968. The Morgan fingerprint density at radius 2 is 2.18 bits per heavy atom. The minimum atomic E-state index is -2.75. The molecule has 116 valence electrons. The van der Waals surface area contributed by atoms with Gasteiger partial charge in [-0.25, -0.2) is 13.8 Å². The van der Waals surface area contributed by atoms with Gasteiger partial charge in [-0.05, 0) is 30.9 Å². The molecule has 2 aromatic heterocycles. The standard InChI is InChI=1S/C15H16F2N4O/c1-20-12(13(16)17)11(9-19-20)15(22)21-8-3-2-5-10-6-4-7-18-14(10)21/h4,6-7,9,13H,2-3,5,8H2,1H3. The molecule has 5 nitrogen and oxygen atoms in total. The minimum Gasteiger partial charge on any atom is -0.292 e. The SMILES string of the molecule is Cn1ncc(C(=O)N2CCCCc3cccnc32)c1C(F)F. The van der Waals surface area contributed by atoms with Crippen molar-refractivity contribution in [3.63, 3.8) is 0 Å². The monoisotopic (exact) mass is 306 g/mol. The van der Waals surface area contributed by atoms with Crippen molar-refractivity contribution in [2.24, 2.45) is 7.05 Å². The van der Waals surface area contributed by atoms with Crippen LogP contribution in [0.1, 0.15) is 40.9 Å². The third-order valence-electron chi connectivity index (χ3n) is 3.87. The molecule has 0 spiro atoms. The molecule has 1 aliphatic heterocycles.